The van der Waals surface area contributed by atoms with Gasteiger partial charge in [-0.25, -0.2) is 17.9 Å². The van der Waals surface area contributed by atoms with Crippen LogP contribution in [-0.2, 0) is 24.1 Å². The molecule has 25 heavy (non-hydrogen) atoms. The Morgan fingerprint density at radius 1 is 1.04 bits per heavy atom. The van der Waals surface area contributed by atoms with Crippen LogP contribution < -0.4 is 10.4 Å². The van der Waals surface area contributed by atoms with Gasteiger partial charge in [-0.05, 0) is 42.8 Å². The minimum Gasteiger partial charge on any atom is -0.295 e. The van der Waals surface area contributed by atoms with E-state index in [9.17, 15) is 13.2 Å². The summed E-state index contributed by atoms with van der Waals surface area (Å²) in [4.78, 5) is 12.1. The van der Waals surface area contributed by atoms with Crippen LogP contribution in [0.15, 0.2) is 52.2 Å². The van der Waals surface area contributed by atoms with E-state index in [2.05, 4.69) is 4.72 Å². The Kier molecular flexibility index (Phi) is 4.49. The molecule has 0 radical (unpaired) electrons. The third-order valence-corrected chi connectivity index (χ3v) is 6.01. The maximum atomic E-state index is 12.7. The van der Waals surface area contributed by atoms with Crippen molar-refractivity contribution in [2.45, 2.75) is 17.9 Å². The van der Waals surface area contributed by atoms with Gasteiger partial charge >= 0.3 is 5.69 Å². The maximum absolute atomic E-state index is 12.7. The lowest BCUT2D eigenvalue weighted by atomic mass is 10.1. The van der Waals surface area contributed by atoms with Crippen LogP contribution in [0.4, 0.5) is 0 Å². The second kappa shape index (κ2) is 6.33. The summed E-state index contributed by atoms with van der Waals surface area (Å²) in [6.45, 7) is 1.75. The number of nitrogens with zero attached hydrogens (tertiary/aromatic N) is 2. The largest absolute Gasteiger partial charge is 0.328 e. The summed E-state index contributed by atoms with van der Waals surface area (Å²) in [5.74, 6) is 0. The summed E-state index contributed by atoms with van der Waals surface area (Å²) in [5, 5.41) is 0.546. The van der Waals surface area contributed by atoms with Crippen molar-refractivity contribution in [3.63, 3.8) is 0 Å². The Balaban J connectivity index is 1.98. The van der Waals surface area contributed by atoms with Gasteiger partial charge in [0.2, 0.25) is 10.0 Å². The predicted molar refractivity (Wildman–Crippen MR) is 98.3 cm³/mol. The van der Waals surface area contributed by atoms with Crippen molar-refractivity contribution >= 4 is 32.7 Å². The Morgan fingerprint density at radius 2 is 1.72 bits per heavy atom. The molecule has 2 aromatic carbocycles. The fourth-order valence-electron chi connectivity index (χ4n) is 2.80. The molecule has 0 amide bonds. The molecule has 6 nitrogen and oxygen atoms in total. The Hall–Kier alpha value is -2.09. The minimum atomic E-state index is -3.75. The number of fused-ring (bicyclic) bond motifs is 1. The average molecular weight is 380 g/mol. The number of rotatable bonds is 4. The number of aryl methyl sites for hydroxylation is 2. The van der Waals surface area contributed by atoms with E-state index < -0.39 is 16.1 Å². The van der Waals surface area contributed by atoms with Gasteiger partial charge in [0, 0.05) is 25.2 Å². The van der Waals surface area contributed by atoms with Crippen molar-refractivity contribution in [3.05, 3.63) is 63.5 Å². The lowest BCUT2D eigenvalue weighted by Crippen LogP contribution is -2.26. The van der Waals surface area contributed by atoms with Crippen LogP contribution in [0.2, 0.25) is 5.02 Å². The van der Waals surface area contributed by atoms with E-state index in [1.165, 1.54) is 21.3 Å². The number of halogens is 1. The predicted octanol–water partition coefficient (Wildman–Crippen LogP) is 2.57. The summed E-state index contributed by atoms with van der Waals surface area (Å²) in [5.41, 5.74) is 1.80. The molecule has 1 heterocycles. The number of aromatic nitrogens is 2. The van der Waals surface area contributed by atoms with Crippen LogP contribution in [0, 0.1) is 0 Å². The Morgan fingerprint density at radius 3 is 2.40 bits per heavy atom. The average Bonchev–Trinajstić information content (AvgIpc) is 2.79. The van der Waals surface area contributed by atoms with Crippen molar-refractivity contribution in [2.24, 2.45) is 14.1 Å². The number of hydrogen-bond donors (Lipinski definition) is 1. The normalized spacial score (nSPS) is 13.3. The van der Waals surface area contributed by atoms with Crippen LogP contribution in [0.3, 0.4) is 0 Å². The van der Waals surface area contributed by atoms with E-state index in [0.717, 1.165) is 5.56 Å². The van der Waals surface area contributed by atoms with E-state index in [1.54, 1.807) is 45.3 Å². The topological polar surface area (TPSA) is 73.1 Å². The molecule has 0 saturated heterocycles. The zero-order chi connectivity index (χ0) is 18.4. The van der Waals surface area contributed by atoms with E-state index in [-0.39, 0.29) is 10.6 Å². The van der Waals surface area contributed by atoms with E-state index in [0.29, 0.717) is 16.1 Å². The first-order chi connectivity index (χ1) is 11.7. The molecule has 132 valence electrons. The van der Waals surface area contributed by atoms with Gasteiger partial charge in [-0.15, -0.1) is 0 Å². The molecule has 1 aromatic heterocycles. The molecular formula is C17H18ClN3O3S. The first-order valence-electron chi connectivity index (χ1n) is 7.64. The maximum Gasteiger partial charge on any atom is 0.328 e. The lowest BCUT2D eigenvalue weighted by Gasteiger charge is -2.15. The van der Waals surface area contributed by atoms with Crippen molar-refractivity contribution in [3.8, 4) is 0 Å². The molecule has 8 heteroatoms. The number of sulfonamides is 1. The molecule has 0 aliphatic heterocycles. The Labute approximate surface area is 150 Å². The highest BCUT2D eigenvalue weighted by molar-refractivity contribution is 7.89. The summed E-state index contributed by atoms with van der Waals surface area (Å²) in [6, 6.07) is 11.2. The van der Waals surface area contributed by atoms with Crippen LogP contribution in [-0.4, -0.2) is 17.6 Å². The highest BCUT2D eigenvalue weighted by Gasteiger charge is 2.20. The third kappa shape index (κ3) is 3.22. The molecule has 0 fully saturated rings. The molecule has 3 rings (SSSR count). The van der Waals surface area contributed by atoms with Gasteiger partial charge in [-0.2, -0.15) is 0 Å². The second-order valence-corrected chi connectivity index (χ2v) is 8.10. The summed E-state index contributed by atoms with van der Waals surface area (Å²) in [7, 11) is -0.485. The van der Waals surface area contributed by atoms with Crippen molar-refractivity contribution < 1.29 is 8.42 Å². The monoisotopic (exact) mass is 379 g/mol. The zero-order valence-corrected chi connectivity index (χ0v) is 15.6. The number of benzene rings is 2. The van der Waals surface area contributed by atoms with Gasteiger partial charge in [-0.3, -0.25) is 9.13 Å². The fourth-order valence-corrected chi connectivity index (χ4v) is 4.25. The first-order valence-corrected chi connectivity index (χ1v) is 9.50. The highest BCUT2D eigenvalue weighted by Crippen LogP contribution is 2.22. The molecule has 0 aliphatic carbocycles. The summed E-state index contributed by atoms with van der Waals surface area (Å²) < 4.78 is 31.0. The minimum absolute atomic E-state index is 0.107. The van der Waals surface area contributed by atoms with Gasteiger partial charge < -0.3 is 0 Å². The SMILES string of the molecule is CC(NS(=O)(=O)c1ccc2c(c1)n(C)c(=O)n2C)c1cccc(Cl)c1. The van der Waals surface area contributed by atoms with E-state index in [4.69, 9.17) is 11.6 Å². The molecule has 3 aromatic rings. The summed E-state index contributed by atoms with van der Waals surface area (Å²) >= 11 is 5.97. The molecular weight excluding hydrogens is 362 g/mol. The number of imidazole rings is 1. The lowest BCUT2D eigenvalue weighted by molar-refractivity contribution is 0.567. The van der Waals surface area contributed by atoms with Gasteiger partial charge in [0.25, 0.3) is 0 Å². The quantitative estimate of drug-likeness (QED) is 0.757. The highest BCUT2D eigenvalue weighted by atomic mass is 35.5. The smallest absolute Gasteiger partial charge is 0.295 e. The van der Waals surface area contributed by atoms with Crippen LogP contribution in [0.1, 0.15) is 18.5 Å². The third-order valence-electron chi connectivity index (χ3n) is 4.23. The molecule has 0 spiro atoms. The molecule has 0 aliphatic rings. The van der Waals surface area contributed by atoms with Gasteiger partial charge in [0.15, 0.2) is 0 Å². The van der Waals surface area contributed by atoms with Gasteiger partial charge in [0.05, 0.1) is 15.9 Å². The van der Waals surface area contributed by atoms with Crippen LogP contribution in [0.25, 0.3) is 11.0 Å². The molecule has 1 atom stereocenters. The van der Waals surface area contributed by atoms with E-state index in [1.807, 2.05) is 6.07 Å². The van der Waals surface area contributed by atoms with Gasteiger partial charge in [-0.1, -0.05) is 23.7 Å². The summed E-state index contributed by atoms with van der Waals surface area (Å²) in [6.07, 6.45) is 0. The second-order valence-electron chi connectivity index (χ2n) is 5.95. The molecule has 1 N–H and O–H groups in total. The van der Waals surface area contributed by atoms with Crippen LogP contribution in [0.5, 0.6) is 0 Å². The fraction of sp³-hybridized carbons (Fsp3) is 0.235. The standard InChI is InChI=1S/C17H18ClN3O3S/c1-11(12-5-4-6-13(18)9-12)19-25(23,24)14-7-8-15-16(10-14)21(3)17(22)20(15)2/h4-11,19H,1-3H3. The molecule has 0 saturated carbocycles. The van der Waals surface area contributed by atoms with E-state index >= 15 is 0 Å². The first kappa shape index (κ1) is 17.7. The van der Waals surface area contributed by atoms with Crippen molar-refractivity contribution in [1.82, 2.24) is 13.9 Å². The number of nitrogens with one attached hydrogen (secondary N) is 1. The van der Waals surface area contributed by atoms with Gasteiger partial charge in [0.1, 0.15) is 0 Å². The van der Waals surface area contributed by atoms with Crippen molar-refractivity contribution in [1.29, 1.82) is 0 Å². The number of hydrogen-bond acceptors (Lipinski definition) is 3. The van der Waals surface area contributed by atoms with Crippen molar-refractivity contribution in [2.75, 3.05) is 0 Å². The Bertz CT molecular complexity index is 1120. The molecule has 0 bridgehead atoms. The molecule has 1 unspecified atom stereocenters. The van der Waals surface area contributed by atoms with Crippen LogP contribution >= 0.6 is 11.6 Å². The zero-order valence-electron chi connectivity index (χ0n) is 14.0.